The van der Waals surface area contributed by atoms with Crippen molar-refractivity contribution in [2.45, 2.75) is 38.2 Å². The summed E-state index contributed by atoms with van der Waals surface area (Å²) in [5.41, 5.74) is 2.44. The van der Waals surface area contributed by atoms with Crippen molar-refractivity contribution in [3.05, 3.63) is 60.2 Å². The summed E-state index contributed by atoms with van der Waals surface area (Å²) < 4.78 is 42.3. The molecular formula is C23H26FNO3S. The normalized spacial score (nSPS) is 27.2. The molecule has 0 bridgehead atoms. The SMILES string of the molecule is CS(=O)(=O)O[C@H]1C[C@H]2CCCC[C@H]2[C@@H]1C=Cc1ccc(-c2cccc(F)c2)cn1. The number of hydrogen-bond acceptors (Lipinski definition) is 4. The zero-order valence-electron chi connectivity index (χ0n) is 16.5. The Balaban J connectivity index is 1.52. The highest BCUT2D eigenvalue weighted by Gasteiger charge is 2.44. The first-order valence-corrected chi connectivity index (χ1v) is 12.0. The van der Waals surface area contributed by atoms with Crippen molar-refractivity contribution in [1.29, 1.82) is 0 Å². The third-order valence-electron chi connectivity index (χ3n) is 6.16. The van der Waals surface area contributed by atoms with Crippen LogP contribution >= 0.6 is 0 Å². The second-order valence-electron chi connectivity index (χ2n) is 8.20. The highest BCUT2D eigenvalue weighted by molar-refractivity contribution is 7.86. The third-order valence-corrected chi connectivity index (χ3v) is 6.76. The molecule has 2 saturated carbocycles. The van der Waals surface area contributed by atoms with E-state index in [-0.39, 0.29) is 17.8 Å². The van der Waals surface area contributed by atoms with E-state index < -0.39 is 10.1 Å². The lowest BCUT2D eigenvalue weighted by Gasteiger charge is -2.28. The summed E-state index contributed by atoms with van der Waals surface area (Å²) in [5, 5.41) is 0. The fourth-order valence-electron chi connectivity index (χ4n) is 4.91. The minimum atomic E-state index is -3.49. The summed E-state index contributed by atoms with van der Waals surface area (Å²) in [6, 6.07) is 10.3. The number of fused-ring (bicyclic) bond motifs is 1. The maximum Gasteiger partial charge on any atom is 0.264 e. The van der Waals surface area contributed by atoms with Gasteiger partial charge in [0.1, 0.15) is 5.82 Å². The molecule has 1 aromatic carbocycles. The Kier molecular flexibility index (Phi) is 5.83. The molecule has 2 aliphatic rings. The van der Waals surface area contributed by atoms with Gasteiger partial charge in [-0.1, -0.05) is 43.5 Å². The summed E-state index contributed by atoms with van der Waals surface area (Å²) in [5.74, 6) is 0.818. The Labute approximate surface area is 171 Å². The van der Waals surface area contributed by atoms with Gasteiger partial charge in [0.05, 0.1) is 18.1 Å². The van der Waals surface area contributed by atoms with Gasteiger partial charge >= 0.3 is 0 Å². The average Bonchev–Trinajstić information content (AvgIpc) is 3.02. The van der Waals surface area contributed by atoms with Crippen LogP contribution < -0.4 is 0 Å². The molecule has 2 aliphatic carbocycles. The molecule has 0 N–H and O–H groups in total. The van der Waals surface area contributed by atoms with Gasteiger partial charge in [-0.25, -0.2) is 4.39 Å². The molecule has 1 aromatic heterocycles. The van der Waals surface area contributed by atoms with Gasteiger partial charge in [-0.15, -0.1) is 0 Å². The fourth-order valence-corrected chi connectivity index (χ4v) is 5.57. The molecule has 4 nitrogen and oxygen atoms in total. The molecular weight excluding hydrogens is 389 g/mol. The number of pyridine rings is 1. The van der Waals surface area contributed by atoms with Crippen molar-refractivity contribution >= 4 is 16.2 Å². The quantitative estimate of drug-likeness (QED) is 0.640. The van der Waals surface area contributed by atoms with Gasteiger partial charge in [0.2, 0.25) is 0 Å². The second kappa shape index (κ2) is 8.36. The molecule has 2 fully saturated rings. The van der Waals surface area contributed by atoms with Crippen molar-refractivity contribution < 1.29 is 17.0 Å². The van der Waals surface area contributed by atoms with E-state index in [1.54, 1.807) is 12.3 Å². The van der Waals surface area contributed by atoms with E-state index in [4.69, 9.17) is 4.18 Å². The van der Waals surface area contributed by atoms with Gasteiger partial charge in [-0.3, -0.25) is 9.17 Å². The Morgan fingerprint density at radius 3 is 2.69 bits per heavy atom. The molecule has 0 spiro atoms. The lowest BCUT2D eigenvalue weighted by atomic mass is 9.78. The standard InChI is InChI=1S/C23H26FNO3S/c1-29(26,27)28-23-14-17-5-2-3-8-21(17)22(23)12-11-20-10-9-18(15-25-20)16-6-4-7-19(24)13-16/h4,6-7,9-13,15,17,21-23H,2-3,5,8,14H2,1H3/t17-,21-,22+,23+/m1/s1. The molecule has 0 radical (unpaired) electrons. The maximum atomic E-state index is 13.4. The monoisotopic (exact) mass is 415 g/mol. The van der Waals surface area contributed by atoms with E-state index in [1.807, 2.05) is 24.3 Å². The van der Waals surface area contributed by atoms with Crippen LogP contribution in [-0.4, -0.2) is 25.8 Å². The summed E-state index contributed by atoms with van der Waals surface area (Å²) in [7, 11) is -3.49. The summed E-state index contributed by atoms with van der Waals surface area (Å²) in [4.78, 5) is 4.48. The Morgan fingerprint density at radius 2 is 1.97 bits per heavy atom. The fraction of sp³-hybridized carbons (Fsp3) is 0.435. The Morgan fingerprint density at radius 1 is 1.14 bits per heavy atom. The topological polar surface area (TPSA) is 56.3 Å². The number of aromatic nitrogens is 1. The van der Waals surface area contributed by atoms with Gasteiger partial charge in [0.15, 0.2) is 0 Å². The zero-order chi connectivity index (χ0) is 20.4. The molecule has 6 heteroatoms. The predicted octanol–water partition coefficient (Wildman–Crippen LogP) is 5.07. The lowest BCUT2D eigenvalue weighted by Crippen LogP contribution is -2.24. The average molecular weight is 416 g/mol. The van der Waals surface area contributed by atoms with Crippen LogP contribution in [0.4, 0.5) is 4.39 Å². The molecule has 0 unspecified atom stereocenters. The van der Waals surface area contributed by atoms with Crippen LogP contribution in [0, 0.1) is 23.6 Å². The number of nitrogens with zero attached hydrogens (tertiary/aromatic N) is 1. The van der Waals surface area contributed by atoms with Gasteiger partial charge in [0, 0.05) is 17.7 Å². The lowest BCUT2D eigenvalue weighted by molar-refractivity contribution is 0.173. The van der Waals surface area contributed by atoms with E-state index >= 15 is 0 Å². The van der Waals surface area contributed by atoms with Crippen LogP contribution in [0.2, 0.25) is 0 Å². The first kappa shape index (κ1) is 20.2. The number of halogens is 1. The van der Waals surface area contributed by atoms with Gasteiger partial charge < -0.3 is 0 Å². The first-order chi connectivity index (χ1) is 13.9. The molecule has 0 saturated heterocycles. The maximum absolute atomic E-state index is 13.4. The molecule has 154 valence electrons. The van der Waals surface area contributed by atoms with E-state index in [9.17, 15) is 12.8 Å². The molecule has 0 amide bonds. The van der Waals surface area contributed by atoms with Gasteiger partial charge in [-0.2, -0.15) is 8.42 Å². The zero-order valence-corrected chi connectivity index (χ0v) is 17.3. The minimum absolute atomic E-state index is 0.0831. The van der Waals surface area contributed by atoms with Crippen molar-refractivity contribution in [3.8, 4) is 11.1 Å². The molecule has 29 heavy (non-hydrogen) atoms. The predicted molar refractivity (Wildman–Crippen MR) is 112 cm³/mol. The van der Waals surface area contributed by atoms with Crippen LogP contribution in [0.25, 0.3) is 17.2 Å². The summed E-state index contributed by atoms with van der Waals surface area (Å²) in [6.45, 7) is 0. The smallest absolute Gasteiger partial charge is 0.264 e. The van der Waals surface area contributed by atoms with Crippen LogP contribution in [0.5, 0.6) is 0 Å². The van der Waals surface area contributed by atoms with Crippen LogP contribution in [-0.2, 0) is 14.3 Å². The van der Waals surface area contributed by atoms with Crippen molar-refractivity contribution in [2.24, 2.45) is 17.8 Å². The molecule has 4 atom stereocenters. The number of hydrogen-bond donors (Lipinski definition) is 0. The molecule has 2 aromatic rings. The van der Waals surface area contributed by atoms with Crippen LogP contribution in [0.15, 0.2) is 48.7 Å². The van der Waals surface area contributed by atoms with Gasteiger partial charge in [0.25, 0.3) is 10.1 Å². The van der Waals surface area contributed by atoms with E-state index in [1.165, 1.54) is 25.0 Å². The first-order valence-electron chi connectivity index (χ1n) is 10.2. The van der Waals surface area contributed by atoms with Gasteiger partial charge in [-0.05, 0) is 54.5 Å². The summed E-state index contributed by atoms with van der Waals surface area (Å²) in [6.07, 6.45) is 12.1. The number of benzene rings is 1. The van der Waals surface area contributed by atoms with E-state index in [2.05, 4.69) is 11.1 Å². The van der Waals surface area contributed by atoms with E-state index in [0.29, 0.717) is 11.8 Å². The highest BCUT2D eigenvalue weighted by atomic mass is 32.2. The molecule has 4 rings (SSSR count). The molecule has 0 aliphatic heterocycles. The van der Waals surface area contributed by atoms with Crippen LogP contribution in [0.1, 0.15) is 37.8 Å². The molecule has 1 heterocycles. The Bertz CT molecular complexity index is 987. The summed E-state index contributed by atoms with van der Waals surface area (Å²) >= 11 is 0. The minimum Gasteiger partial charge on any atom is -0.266 e. The largest absolute Gasteiger partial charge is 0.266 e. The van der Waals surface area contributed by atoms with Crippen molar-refractivity contribution in [2.75, 3.05) is 6.26 Å². The Hall–Kier alpha value is -2.05. The van der Waals surface area contributed by atoms with Crippen molar-refractivity contribution in [3.63, 3.8) is 0 Å². The van der Waals surface area contributed by atoms with Crippen LogP contribution in [0.3, 0.4) is 0 Å². The van der Waals surface area contributed by atoms with Crippen molar-refractivity contribution in [1.82, 2.24) is 4.98 Å². The van der Waals surface area contributed by atoms with E-state index in [0.717, 1.165) is 42.3 Å². The number of rotatable bonds is 5. The third kappa shape index (κ3) is 4.93. The highest BCUT2D eigenvalue weighted by Crippen LogP contribution is 2.48. The second-order valence-corrected chi connectivity index (χ2v) is 9.80.